The molecule has 1 heterocycles. The number of nitrogens with one attached hydrogen (secondary N) is 1. The quantitative estimate of drug-likeness (QED) is 0.781. The number of nitrogen functional groups attached to an aromatic ring is 1. The van der Waals surface area contributed by atoms with Gasteiger partial charge in [0.25, 0.3) is 0 Å². The minimum absolute atomic E-state index is 0.182. The Hall–Kier alpha value is -1.30. The SMILES string of the molecule is CC(C)S(=O)(=O)Nc1ncccc1N. The molecule has 0 fully saturated rings. The van der Waals surface area contributed by atoms with Crippen molar-refractivity contribution >= 4 is 21.5 Å². The van der Waals surface area contributed by atoms with Gasteiger partial charge in [-0.05, 0) is 26.0 Å². The zero-order valence-electron chi connectivity index (χ0n) is 8.06. The predicted octanol–water partition coefficient (Wildman–Crippen LogP) is 0.814. The van der Waals surface area contributed by atoms with E-state index in [1.165, 1.54) is 6.20 Å². The van der Waals surface area contributed by atoms with E-state index in [2.05, 4.69) is 9.71 Å². The standard InChI is InChI=1S/C8H13N3O2S/c1-6(2)14(12,13)11-8-7(9)4-3-5-10-8/h3-6H,9H2,1-2H3,(H,10,11). The number of nitrogens with two attached hydrogens (primary N) is 1. The third-order valence-electron chi connectivity index (χ3n) is 1.70. The lowest BCUT2D eigenvalue weighted by atomic mass is 10.4. The van der Waals surface area contributed by atoms with Gasteiger partial charge in [-0.3, -0.25) is 4.72 Å². The van der Waals surface area contributed by atoms with Crippen LogP contribution in [0, 0.1) is 0 Å². The summed E-state index contributed by atoms with van der Waals surface area (Å²) < 4.78 is 25.2. The van der Waals surface area contributed by atoms with Gasteiger partial charge in [-0.25, -0.2) is 13.4 Å². The van der Waals surface area contributed by atoms with E-state index in [1.807, 2.05) is 0 Å². The second kappa shape index (κ2) is 3.83. The summed E-state index contributed by atoms with van der Waals surface area (Å²) in [5.74, 6) is 0.182. The lowest BCUT2D eigenvalue weighted by Gasteiger charge is -2.10. The Balaban J connectivity index is 2.96. The Kier molecular flexibility index (Phi) is 2.95. The molecule has 14 heavy (non-hydrogen) atoms. The van der Waals surface area contributed by atoms with Crippen LogP contribution >= 0.6 is 0 Å². The summed E-state index contributed by atoms with van der Waals surface area (Å²) in [5, 5.41) is -0.510. The maximum Gasteiger partial charge on any atom is 0.236 e. The van der Waals surface area contributed by atoms with Crippen molar-refractivity contribution in [3.05, 3.63) is 18.3 Å². The van der Waals surface area contributed by atoms with Gasteiger partial charge in [-0.1, -0.05) is 0 Å². The van der Waals surface area contributed by atoms with E-state index in [9.17, 15) is 8.42 Å². The second-order valence-corrected chi connectivity index (χ2v) is 5.37. The van der Waals surface area contributed by atoms with Gasteiger partial charge in [0.05, 0.1) is 10.9 Å². The van der Waals surface area contributed by atoms with Gasteiger partial charge in [0, 0.05) is 6.20 Å². The summed E-state index contributed by atoms with van der Waals surface area (Å²) in [6.45, 7) is 3.17. The van der Waals surface area contributed by atoms with Gasteiger partial charge in [-0.15, -0.1) is 0 Å². The molecular weight excluding hydrogens is 202 g/mol. The van der Waals surface area contributed by atoms with Gasteiger partial charge < -0.3 is 5.73 Å². The Bertz CT molecular complexity index is 414. The van der Waals surface area contributed by atoms with Crippen molar-refractivity contribution < 1.29 is 8.42 Å². The summed E-state index contributed by atoms with van der Waals surface area (Å²) in [6.07, 6.45) is 1.48. The molecule has 0 amide bonds. The molecule has 0 aliphatic rings. The monoisotopic (exact) mass is 215 g/mol. The third-order valence-corrected chi connectivity index (χ3v) is 3.42. The van der Waals surface area contributed by atoms with E-state index in [0.717, 1.165) is 0 Å². The zero-order chi connectivity index (χ0) is 10.8. The molecule has 6 heteroatoms. The van der Waals surface area contributed by atoms with Crippen molar-refractivity contribution in [3.8, 4) is 0 Å². The molecule has 78 valence electrons. The normalized spacial score (nSPS) is 11.6. The molecule has 0 saturated heterocycles. The van der Waals surface area contributed by atoms with E-state index < -0.39 is 15.3 Å². The van der Waals surface area contributed by atoms with E-state index in [-0.39, 0.29) is 5.82 Å². The van der Waals surface area contributed by atoms with E-state index in [1.54, 1.807) is 26.0 Å². The van der Waals surface area contributed by atoms with Gasteiger partial charge in [0.15, 0.2) is 5.82 Å². The number of hydrogen-bond donors (Lipinski definition) is 2. The highest BCUT2D eigenvalue weighted by Gasteiger charge is 2.16. The first kappa shape index (κ1) is 10.8. The topological polar surface area (TPSA) is 85.1 Å². The third kappa shape index (κ3) is 2.35. The number of nitrogens with zero attached hydrogens (tertiary/aromatic N) is 1. The average molecular weight is 215 g/mol. The zero-order valence-corrected chi connectivity index (χ0v) is 8.88. The summed E-state index contributed by atoms with van der Waals surface area (Å²) in [6, 6.07) is 3.23. The smallest absolute Gasteiger partial charge is 0.236 e. The van der Waals surface area contributed by atoms with E-state index in [4.69, 9.17) is 5.73 Å². The maximum atomic E-state index is 11.4. The lowest BCUT2D eigenvalue weighted by molar-refractivity contribution is 0.592. The van der Waals surface area contributed by atoms with Gasteiger partial charge in [-0.2, -0.15) is 0 Å². The first-order valence-electron chi connectivity index (χ1n) is 4.15. The van der Waals surface area contributed by atoms with Crippen LogP contribution in [0.1, 0.15) is 13.8 Å². The molecule has 1 aromatic heterocycles. The van der Waals surface area contributed by atoms with Crippen molar-refractivity contribution in [1.82, 2.24) is 4.98 Å². The number of aromatic nitrogens is 1. The number of rotatable bonds is 3. The fraction of sp³-hybridized carbons (Fsp3) is 0.375. The maximum absolute atomic E-state index is 11.4. The molecular formula is C8H13N3O2S. The molecule has 3 N–H and O–H groups in total. The van der Waals surface area contributed by atoms with Crippen LogP contribution in [0.15, 0.2) is 18.3 Å². The highest BCUT2D eigenvalue weighted by molar-refractivity contribution is 7.93. The molecule has 0 saturated carbocycles. The number of anilines is 2. The van der Waals surface area contributed by atoms with Crippen LogP contribution in [0.4, 0.5) is 11.5 Å². The second-order valence-electron chi connectivity index (χ2n) is 3.14. The minimum Gasteiger partial charge on any atom is -0.396 e. The molecule has 1 aromatic rings. The van der Waals surface area contributed by atoms with Crippen LogP contribution in [0.5, 0.6) is 0 Å². The van der Waals surface area contributed by atoms with Gasteiger partial charge >= 0.3 is 0 Å². The van der Waals surface area contributed by atoms with Crippen LogP contribution in [-0.2, 0) is 10.0 Å². The Labute approximate surface area is 83.4 Å². The van der Waals surface area contributed by atoms with Crippen LogP contribution in [0.25, 0.3) is 0 Å². The predicted molar refractivity (Wildman–Crippen MR) is 56.3 cm³/mol. The van der Waals surface area contributed by atoms with Crippen molar-refractivity contribution in [1.29, 1.82) is 0 Å². The number of sulfonamides is 1. The molecule has 0 bridgehead atoms. The summed E-state index contributed by atoms with van der Waals surface area (Å²) in [7, 11) is -3.37. The molecule has 1 rings (SSSR count). The molecule has 0 aliphatic heterocycles. The number of pyridine rings is 1. The Morgan fingerprint density at radius 2 is 2.14 bits per heavy atom. The van der Waals surface area contributed by atoms with Crippen molar-refractivity contribution in [2.75, 3.05) is 10.5 Å². The van der Waals surface area contributed by atoms with Crippen LogP contribution < -0.4 is 10.5 Å². The molecule has 0 spiro atoms. The Morgan fingerprint density at radius 1 is 1.50 bits per heavy atom. The van der Waals surface area contributed by atoms with Crippen LogP contribution in [0.3, 0.4) is 0 Å². The molecule has 0 atom stereocenters. The first-order chi connectivity index (χ1) is 6.43. The van der Waals surface area contributed by atoms with Gasteiger partial charge in [0.1, 0.15) is 0 Å². The van der Waals surface area contributed by atoms with Crippen molar-refractivity contribution in [2.45, 2.75) is 19.1 Å². The van der Waals surface area contributed by atoms with Crippen molar-refractivity contribution in [3.63, 3.8) is 0 Å². The minimum atomic E-state index is -3.37. The Morgan fingerprint density at radius 3 is 2.64 bits per heavy atom. The molecule has 0 aromatic carbocycles. The fourth-order valence-corrected chi connectivity index (χ4v) is 1.43. The van der Waals surface area contributed by atoms with Crippen LogP contribution in [0.2, 0.25) is 0 Å². The molecule has 0 radical (unpaired) electrons. The van der Waals surface area contributed by atoms with Gasteiger partial charge in [0.2, 0.25) is 10.0 Å². The number of hydrogen-bond acceptors (Lipinski definition) is 4. The highest BCUT2D eigenvalue weighted by Crippen LogP contribution is 2.15. The van der Waals surface area contributed by atoms with E-state index >= 15 is 0 Å². The molecule has 5 nitrogen and oxygen atoms in total. The molecule has 0 aliphatic carbocycles. The largest absolute Gasteiger partial charge is 0.396 e. The summed E-state index contributed by atoms with van der Waals surface area (Å²) in [4.78, 5) is 3.83. The first-order valence-corrected chi connectivity index (χ1v) is 5.70. The fourth-order valence-electron chi connectivity index (χ4n) is 0.756. The van der Waals surface area contributed by atoms with E-state index in [0.29, 0.717) is 5.69 Å². The lowest BCUT2D eigenvalue weighted by Crippen LogP contribution is -2.23. The average Bonchev–Trinajstić information content (AvgIpc) is 2.08. The summed E-state index contributed by atoms with van der Waals surface area (Å²) in [5.41, 5.74) is 5.85. The highest BCUT2D eigenvalue weighted by atomic mass is 32.2. The van der Waals surface area contributed by atoms with Crippen LogP contribution in [-0.4, -0.2) is 18.7 Å². The summed E-state index contributed by atoms with van der Waals surface area (Å²) >= 11 is 0. The van der Waals surface area contributed by atoms with Crippen molar-refractivity contribution in [2.24, 2.45) is 0 Å². The molecule has 0 unspecified atom stereocenters.